The first kappa shape index (κ1) is 19.2. The quantitative estimate of drug-likeness (QED) is 0.627. The van der Waals surface area contributed by atoms with Gasteiger partial charge in [0.1, 0.15) is 11.6 Å². The summed E-state index contributed by atoms with van der Waals surface area (Å²) in [5.41, 5.74) is 0. The fourth-order valence-corrected chi connectivity index (χ4v) is 1.91. The van der Waals surface area contributed by atoms with Crippen molar-refractivity contribution < 1.29 is 22.6 Å². The molecular weight excluding hydrogens is 280 g/mol. The van der Waals surface area contributed by atoms with Gasteiger partial charge in [-0.05, 0) is 32.6 Å². The molecule has 0 aliphatic rings. The molecule has 0 amide bonds. The Bertz CT molecular complexity index is 434. The lowest BCUT2D eigenvalue weighted by Gasteiger charge is -2.19. The van der Waals surface area contributed by atoms with Crippen LogP contribution in [0.15, 0.2) is 0 Å². The van der Waals surface area contributed by atoms with Crippen molar-refractivity contribution in [3.05, 3.63) is 0 Å². The van der Waals surface area contributed by atoms with Crippen LogP contribution in [0.1, 0.15) is 66.2 Å². The van der Waals surface area contributed by atoms with Gasteiger partial charge in [-0.25, -0.2) is 0 Å². The Labute approximate surface area is 121 Å². The van der Waals surface area contributed by atoms with Gasteiger partial charge in [0, 0.05) is 25.7 Å². The van der Waals surface area contributed by atoms with Gasteiger partial charge in [0.15, 0.2) is 0 Å². The van der Waals surface area contributed by atoms with Gasteiger partial charge < -0.3 is 0 Å². The van der Waals surface area contributed by atoms with Crippen LogP contribution in [0, 0.1) is 5.92 Å². The van der Waals surface area contributed by atoms with E-state index in [-0.39, 0.29) is 37.2 Å². The molecule has 118 valence electrons. The van der Waals surface area contributed by atoms with E-state index in [0.717, 1.165) is 6.42 Å². The molecule has 0 bridgehead atoms. The number of ketones is 2. The number of Topliss-reactive ketones (excluding diaryl/α,β-unsaturated/α-hetero) is 2. The molecule has 0 saturated heterocycles. The Hall–Kier alpha value is -0.750. The van der Waals surface area contributed by atoms with Crippen molar-refractivity contribution in [2.75, 3.05) is 0 Å². The Morgan fingerprint density at radius 2 is 1.45 bits per heavy atom. The van der Waals surface area contributed by atoms with E-state index in [1.807, 2.05) is 13.8 Å². The number of hydrogen-bond donors (Lipinski definition) is 1. The average molecular weight is 306 g/mol. The van der Waals surface area contributed by atoms with E-state index in [2.05, 4.69) is 0 Å². The summed E-state index contributed by atoms with van der Waals surface area (Å²) in [4.78, 5) is 23.2. The van der Waals surface area contributed by atoms with Crippen LogP contribution in [0.2, 0.25) is 0 Å². The molecule has 0 saturated carbocycles. The molecule has 1 N–H and O–H groups in total. The minimum Gasteiger partial charge on any atom is -0.300 e. The standard InChI is InChI=1S/C14H26O5S/c1-11(2)5-6-12(15)7-8-13(16)9-10-14(3,4)20(17,18)19/h11H,5-10H2,1-4H3,(H,17,18,19). The third kappa shape index (κ3) is 7.75. The summed E-state index contributed by atoms with van der Waals surface area (Å²) in [6.45, 7) is 6.83. The van der Waals surface area contributed by atoms with Crippen LogP contribution in [0.5, 0.6) is 0 Å². The molecule has 0 radical (unpaired) electrons. The van der Waals surface area contributed by atoms with Crippen molar-refractivity contribution >= 4 is 21.7 Å². The first-order valence-corrected chi connectivity index (χ1v) is 8.40. The summed E-state index contributed by atoms with van der Waals surface area (Å²) < 4.78 is 29.8. The molecule has 6 heteroatoms. The van der Waals surface area contributed by atoms with E-state index < -0.39 is 14.9 Å². The molecule has 0 aromatic rings. The summed E-state index contributed by atoms with van der Waals surface area (Å²) in [6.07, 6.45) is 1.80. The highest BCUT2D eigenvalue weighted by atomic mass is 32.2. The fourth-order valence-electron chi connectivity index (χ4n) is 1.55. The summed E-state index contributed by atoms with van der Waals surface area (Å²) in [6, 6.07) is 0. The highest BCUT2D eigenvalue weighted by Crippen LogP contribution is 2.22. The van der Waals surface area contributed by atoms with E-state index in [1.165, 1.54) is 13.8 Å². The van der Waals surface area contributed by atoms with Gasteiger partial charge in [-0.3, -0.25) is 14.1 Å². The number of carbonyl (C=O) groups is 2. The molecule has 0 unspecified atom stereocenters. The number of rotatable bonds is 10. The van der Waals surface area contributed by atoms with E-state index >= 15 is 0 Å². The van der Waals surface area contributed by atoms with Gasteiger partial charge in [0.25, 0.3) is 10.1 Å². The molecular formula is C14H26O5S. The first-order valence-electron chi connectivity index (χ1n) is 6.96. The smallest absolute Gasteiger partial charge is 0.270 e. The highest BCUT2D eigenvalue weighted by molar-refractivity contribution is 7.87. The van der Waals surface area contributed by atoms with E-state index in [4.69, 9.17) is 4.55 Å². The molecule has 5 nitrogen and oxygen atoms in total. The number of hydrogen-bond acceptors (Lipinski definition) is 4. The van der Waals surface area contributed by atoms with Crippen molar-refractivity contribution in [2.24, 2.45) is 5.92 Å². The topological polar surface area (TPSA) is 88.5 Å². The van der Waals surface area contributed by atoms with Crippen molar-refractivity contribution in [1.82, 2.24) is 0 Å². The normalized spacial score (nSPS) is 12.7. The lowest BCUT2D eigenvalue weighted by Crippen LogP contribution is -2.31. The lowest BCUT2D eigenvalue weighted by molar-refractivity contribution is -0.124. The van der Waals surface area contributed by atoms with Gasteiger partial charge in [0.2, 0.25) is 0 Å². The van der Waals surface area contributed by atoms with Crippen LogP contribution in [-0.2, 0) is 19.7 Å². The maximum Gasteiger partial charge on any atom is 0.270 e. The van der Waals surface area contributed by atoms with Crippen LogP contribution in [-0.4, -0.2) is 29.3 Å². The van der Waals surface area contributed by atoms with Crippen LogP contribution < -0.4 is 0 Å². The monoisotopic (exact) mass is 306 g/mol. The average Bonchev–Trinajstić information content (AvgIpc) is 2.29. The summed E-state index contributed by atoms with van der Waals surface area (Å²) in [5, 5.41) is 0. The predicted octanol–water partition coefficient (Wildman–Crippen LogP) is 2.79. The molecule has 0 aliphatic heterocycles. The maximum absolute atomic E-state index is 11.6. The van der Waals surface area contributed by atoms with Crippen LogP contribution >= 0.6 is 0 Å². The molecule has 0 fully saturated rings. The Kier molecular flexibility index (Phi) is 7.59. The third-order valence-electron chi connectivity index (χ3n) is 3.39. The first-order chi connectivity index (χ1) is 8.95. The van der Waals surface area contributed by atoms with Gasteiger partial charge in [-0.15, -0.1) is 0 Å². The summed E-state index contributed by atoms with van der Waals surface area (Å²) in [5.74, 6) is 0.394. The molecule has 0 aliphatic carbocycles. The second-order valence-electron chi connectivity index (χ2n) is 6.24. The SMILES string of the molecule is CC(C)CCC(=O)CCC(=O)CCC(C)(C)S(=O)(=O)O. The fraction of sp³-hybridized carbons (Fsp3) is 0.857. The molecule has 0 aromatic heterocycles. The van der Waals surface area contributed by atoms with Crippen molar-refractivity contribution in [1.29, 1.82) is 0 Å². The van der Waals surface area contributed by atoms with Gasteiger partial charge in [-0.1, -0.05) is 13.8 Å². The lowest BCUT2D eigenvalue weighted by atomic mass is 9.99. The third-order valence-corrected chi connectivity index (χ3v) is 4.99. The van der Waals surface area contributed by atoms with Crippen LogP contribution in [0.25, 0.3) is 0 Å². The van der Waals surface area contributed by atoms with Crippen LogP contribution in [0.4, 0.5) is 0 Å². The molecule has 0 aromatic carbocycles. The van der Waals surface area contributed by atoms with Crippen molar-refractivity contribution in [2.45, 2.75) is 71.0 Å². The summed E-state index contributed by atoms with van der Waals surface area (Å²) >= 11 is 0. The zero-order chi connectivity index (χ0) is 16.0. The minimum atomic E-state index is -4.17. The Balaban J connectivity index is 4.05. The predicted molar refractivity (Wildman–Crippen MR) is 78.2 cm³/mol. The molecule has 0 atom stereocenters. The van der Waals surface area contributed by atoms with Gasteiger partial charge in [0.05, 0.1) is 4.75 Å². The second kappa shape index (κ2) is 7.88. The molecule has 0 heterocycles. The molecule has 20 heavy (non-hydrogen) atoms. The van der Waals surface area contributed by atoms with Crippen molar-refractivity contribution in [3.63, 3.8) is 0 Å². The highest BCUT2D eigenvalue weighted by Gasteiger charge is 2.32. The van der Waals surface area contributed by atoms with Gasteiger partial charge in [-0.2, -0.15) is 8.42 Å². The van der Waals surface area contributed by atoms with E-state index in [1.54, 1.807) is 0 Å². The Morgan fingerprint density at radius 3 is 1.85 bits per heavy atom. The second-order valence-corrected chi connectivity index (χ2v) is 8.30. The molecule has 0 rings (SSSR count). The minimum absolute atomic E-state index is 0.0598. The van der Waals surface area contributed by atoms with E-state index in [9.17, 15) is 18.0 Å². The molecule has 0 spiro atoms. The van der Waals surface area contributed by atoms with Crippen molar-refractivity contribution in [3.8, 4) is 0 Å². The van der Waals surface area contributed by atoms with E-state index in [0.29, 0.717) is 12.3 Å². The largest absolute Gasteiger partial charge is 0.300 e. The van der Waals surface area contributed by atoms with Crippen LogP contribution in [0.3, 0.4) is 0 Å². The number of carbonyl (C=O) groups excluding carboxylic acids is 2. The maximum atomic E-state index is 11.6. The zero-order valence-electron chi connectivity index (χ0n) is 12.8. The summed E-state index contributed by atoms with van der Waals surface area (Å²) in [7, 11) is -4.17. The van der Waals surface area contributed by atoms with Gasteiger partial charge >= 0.3 is 0 Å². The Morgan fingerprint density at radius 1 is 1.00 bits per heavy atom. The zero-order valence-corrected chi connectivity index (χ0v) is 13.6.